The molecule has 78 valence electrons. The van der Waals surface area contributed by atoms with Crippen molar-refractivity contribution in [2.45, 2.75) is 6.92 Å². The van der Waals surface area contributed by atoms with E-state index in [0.29, 0.717) is 6.61 Å². The monoisotopic (exact) mass is 233 g/mol. The summed E-state index contributed by atoms with van der Waals surface area (Å²) in [6.07, 6.45) is 5.72. The Hall–Kier alpha value is -0.680. The molecule has 0 atom stereocenters. The molecule has 1 aliphatic heterocycles. The van der Waals surface area contributed by atoms with Gasteiger partial charge in [0.25, 0.3) is 5.17 Å². The van der Waals surface area contributed by atoms with Crippen molar-refractivity contribution in [2.24, 2.45) is 4.99 Å². The average Bonchev–Trinajstić information content (AvgIpc) is 2.70. The number of hydrogen-bond donors (Lipinski definition) is 0. The number of hydrogen-bond acceptors (Lipinski definition) is 3. The molecular formula is C8H12ClN3OS. The molecule has 1 aliphatic rings. The largest absolute Gasteiger partial charge is 1.00 e. The lowest BCUT2D eigenvalue weighted by molar-refractivity contribution is -0.550. The second-order valence-electron chi connectivity index (χ2n) is 2.61. The smallest absolute Gasteiger partial charge is 0.297 e. The SMILES string of the molecule is CCOn1cc[n+](C2=NCCS2)c1.[Cl-]. The quantitative estimate of drug-likeness (QED) is 0.516. The van der Waals surface area contributed by atoms with Gasteiger partial charge in [0.2, 0.25) is 6.33 Å². The molecule has 2 rings (SSSR count). The fourth-order valence-corrected chi connectivity index (χ4v) is 1.96. The van der Waals surface area contributed by atoms with Crippen LogP contribution < -0.4 is 21.8 Å². The third-order valence-corrected chi connectivity index (χ3v) is 2.67. The average molecular weight is 234 g/mol. The Kier molecular flexibility index (Phi) is 4.28. The number of aromatic nitrogens is 2. The maximum atomic E-state index is 5.28. The van der Waals surface area contributed by atoms with Gasteiger partial charge in [-0.2, -0.15) is 4.57 Å². The predicted molar refractivity (Wildman–Crippen MR) is 51.9 cm³/mol. The normalized spacial score (nSPS) is 14.8. The summed E-state index contributed by atoms with van der Waals surface area (Å²) in [5.74, 6) is 1.09. The summed E-state index contributed by atoms with van der Waals surface area (Å²) in [7, 11) is 0. The molecule has 2 heterocycles. The van der Waals surface area contributed by atoms with Gasteiger partial charge < -0.3 is 17.2 Å². The van der Waals surface area contributed by atoms with E-state index in [0.717, 1.165) is 17.5 Å². The van der Waals surface area contributed by atoms with Crippen LogP contribution in [-0.2, 0) is 0 Å². The van der Waals surface area contributed by atoms with E-state index in [2.05, 4.69) is 4.99 Å². The summed E-state index contributed by atoms with van der Waals surface area (Å²) in [4.78, 5) is 9.63. The van der Waals surface area contributed by atoms with Crippen molar-refractivity contribution in [3.63, 3.8) is 0 Å². The number of rotatable bonds is 2. The number of halogens is 1. The van der Waals surface area contributed by atoms with E-state index in [4.69, 9.17) is 4.84 Å². The van der Waals surface area contributed by atoms with Crippen molar-refractivity contribution < 1.29 is 21.8 Å². The Morgan fingerprint density at radius 2 is 2.57 bits per heavy atom. The van der Waals surface area contributed by atoms with Crippen LogP contribution in [0.3, 0.4) is 0 Å². The van der Waals surface area contributed by atoms with Crippen molar-refractivity contribution in [1.29, 1.82) is 0 Å². The van der Waals surface area contributed by atoms with Crippen LogP contribution in [0, 0.1) is 0 Å². The topological polar surface area (TPSA) is 30.4 Å². The fourth-order valence-electron chi connectivity index (χ4n) is 1.16. The summed E-state index contributed by atoms with van der Waals surface area (Å²) >= 11 is 1.77. The van der Waals surface area contributed by atoms with Gasteiger partial charge in [0, 0.05) is 5.75 Å². The van der Waals surface area contributed by atoms with Gasteiger partial charge in [-0.05, 0) is 18.7 Å². The van der Waals surface area contributed by atoms with Crippen molar-refractivity contribution >= 4 is 16.9 Å². The van der Waals surface area contributed by atoms with Crippen molar-refractivity contribution in [2.75, 3.05) is 18.9 Å². The minimum Gasteiger partial charge on any atom is -1.00 e. The summed E-state index contributed by atoms with van der Waals surface area (Å²) in [6.45, 7) is 3.56. The minimum absolute atomic E-state index is 0. The zero-order valence-corrected chi connectivity index (χ0v) is 9.46. The van der Waals surface area contributed by atoms with E-state index in [9.17, 15) is 0 Å². The van der Waals surface area contributed by atoms with Gasteiger partial charge >= 0.3 is 0 Å². The standard InChI is InChI=1S/C8H12N3OS.ClH/c1-2-12-11-5-4-10(7-11)8-9-3-6-13-8;/h4-5,7H,2-3,6H2,1H3;1H/q+1;/p-1. The Morgan fingerprint density at radius 3 is 3.21 bits per heavy atom. The molecule has 0 N–H and O–H groups in total. The van der Waals surface area contributed by atoms with Crippen LogP contribution in [0.1, 0.15) is 6.92 Å². The van der Waals surface area contributed by atoms with Crippen LogP contribution in [0.4, 0.5) is 0 Å². The van der Waals surface area contributed by atoms with Gasteiger partial charge in [0.1, 0.15) is 25.5 Å². The predicted octanol–water partition coefficient (Wildman–Crippen LogP) is -2.82. The fraction of sp³-hybridized carbons (Fsp3) is 0.500. The first-order valence-electron chi connectivity index (χ1n) is 4.30. The highest BCUT2D eigenvalue weighted by molar-refractivity contribution is 8.13. The van der Waals surface area contributed by atoms with Gasteiger partial charge in [-0.3, -0.25) is 0 Å². The minimum atomic E-state index is 0. The van der Waals surface area contributed by atoms with Gasteiger partial charge in [-0.1, -0.05) is 4.73 Å². The number of nitrogens with zero attached hydrogens (tertiary/aromatic N) is 3. The zero-order chi connectivity index (χ0) is 9.10. The van der Waals surface area contributed by atoms with Gasteiger partial charge in [-0.25, -0.2) is 0 Å². The lowest BCUT2D eigenvalue weighted by Gasteiger charge is -1.94. The maximum absolute atomic E-state index is 5.28. The zero-order valence-electron chi connectivity index (χ0n) is 7.89. The van der Waals surface area contributed by atoms with Crippen LogP contribution in [0.5, 0.6) is 0 Å². The van der Waals surface area contributed by atoms with Crippen LogP contribution >= 0.6 is 11.8 Å². The molecule has 0 spiro atoms. The lowest BCUT2D eigenvalue weighted by atomic mass is 10.8. The molecule has 0 aliphatic carbocycles. The highest BCUT2D eigenvalue weighted by Crippen LogP contribution is 2.08. The number of aliphatic imine (C=N–C) groups is 1. The van der Waals surface area contributed by atoms with Crippen molar-refractivity contribution in [3.8, 4) is 0 Å². The summed E-state index contributed by atoms with van der Waals surface area (Å²) in [5, 5.41) is 1.05. The molecular weight excluding hydrogens is 222 g/mol. The van der Waals surface area contributed by atoms with E-state index in [1.807, 2.05) is 30.2 Å². The van der Waals surface area contributed by atoms with Gasteiger partial charge in [-0.15, -0.1) is 4.99 Å². The molecule has 0 fully saturated rings. The number of thioether (sulfide) groups is 1. The lowest BCUT2D eigenvalue weighted by Crippen LogP contribution is -3.00. The molecule has 1 aromatic rings. The molecule has 0 unspecified atom stereocenters. The Morgan fingerprint density at radius 1 is 1.71 bits per heavy atom. The molecule has 0 aromatic carbocycles. The first-order chi connectivity index (χ1) is 6.40. The van der Waals surface area contributed by atoms with E-state index >= 15 is 0 Å². The van der Waals surface area contributed by atoms with E-state index in [-0.39, 0.29) is 12.4 Å². The number of imidazole rings is 1. The molecule has 0 amide bonds. The Balaban J connectivity index is 0.000000980. The van der Waals surface area contributed by atoms with Crippen LogP contribution in [-0.4, -0.2) is 28.8 Å². The first-order valence-corrected chi connectivity index (χ1v) is 5.29. The second-order valence-corrected chi connectivity index (χ2v) is 3.67. The maximum Gasteiger partial charge on any atom is 0.297 e. The second kappa shape index (κ2) is 5.26. The summed E-state index contributed by atoms with van der Waals surface area (Å²) < 4.78 is 3.68. The third-order valence-electron chi connectivity index (χ3n) is 1.68. The molecule has 0 bridgehead atoms. The first kappa shape index (κ1) is 11.4. The molecule has 4 nitrogen and oxygen atoms in total. The molecule has 14 heavy (non-hydrogen) atoms. The highest BCUT2D eigenvalue weighted by Gasteiger charge is 2.16. The summed E-state index contributed by atoms with van der Waals surface area (Å²) in [6, 6.07) is 0. The van der Waals surface area contributed by atoms with E-state index in [1.165, 1.54) is 0 Å². The van der Waals surface area contributed by atoms with Crippen molar-refractivity contribution in [1.82, 2.24) is 4.73 Å². The van der Waals surface area contributed by atoms with E-state index < -0.39 is 0 Å². The van der Waals surface area contributed by atoms with Crippen LogP contribution in [0.2, 0.25) is 0 Å². The van der Waals surface area contributed by atoms with Gasteiger partial charge in [0.15, 0.2) is 0 Å². The molecule has 0 saturated carbocycles. The van der Waals surface area contributed by atoms with E-state index in [1.54, 1.807) is 16.5 Å². The Bertz CT molecular complexity index is 326. The van der Waals surface area contributed by atoms with Crippen LogP contribution in [0.15, 0.2) is 23.7 Å². The Labute approximate surface area is 93.3 Å². The highest BCUT2D eigenvalue weighted by atomic mass is 35.5. The molecule has 0 saturated heterocycles. The summed E-state index contributed by atoms with van der Waals surface area (Å²) in [5.41, 5.74) is 0. The third kappa shape index (κ3) is 2.42. The molecule has 6 heteroatoms. The molecule has 0 radical (unpaired) electrons. The van der Waals surface area contributed by atoms with Crippen molar-refractivity contribution in [3.05, 3.63) is 18.7 Å². The molecule has 1 aromatic heterocycles. The van der Waals surface area contributed by atoms with Gasteiger partial charge in [0.05, 0.1) is 0 Å². The van der Waals surface area contributed by atoms with Crippen LogP contribution in [0.25, 0.3) is 0 Å².